The fourth-order valence-corrected chi connectivity index (χ4v) is 4.83. The molecule has 0 amide bonds. The number of piperidine rings is 1. The number of sulfone groups is 1. The highest BCUT2D eigenvalue weighted by molar-refractivity contribution is 7.91. The predicted octanol–water partition coefficient (Wildman–Crippen LogP) is 3.50. The molecule has 3 heterocycles. The molecule has 3 aromatic rings. The predicted molar refractivity (Wildman–Crippen MR) is 107 cm³/mol. The Morgan fingerprint density at radius 1 is 1.17 bits per heavy atom. The Morgan fingerprint density at radius 3 is 2.50 bits per heavy atom. The van der Waals surface area contributed by atoms with Gasteiger partial charge in [-0.05, 0) is 42.6 Å². The summed E-state index contributed by atoms with van der Waals surface area (Å²) >= 11 is 6.10. The van der Waals surface area contributed by atoms with Crippen molar-refractivity contribution in [2.75, 3.05) is 24.2 Å². The Balaban J connectivity index is 1.73. The first-order chi connectivity index (χ1) is 14.0. The van der Waals surface area contributed by atoms with Crippen LogP contribution >= 0.6 is 11.6 Å². The third-order valence-electron chi connectivity index (χ3n) is 5.15. The average molecular weight is 460 g/mol. The molecule has 160 valence electrons. The smallest absolute Gasteiger partial charge is 0.356 e. The summed E-state index contributed by atoms with van der Waals surface area (Å²) in [6.45, 7) is 0.907. The quantitative estimate of drug-likeness (QED) is 0.558. The normalized spacial score (nSPS) is 16.4. The van der Waals surface area contributed by atoms with Gasteiger partial charge in [-0.3, -0.25) is 0 Å². The van der Waals surface area contributed by atoms with Gasteiger partial charge in [0.25, 0.3) is 0 Å². The molecule has 1 aliphatic heterocycles. The molecule has 0 bridgehead atoms. The summed E-state index contributed by atoms with van der Waals surface area (Å²) in [5, 5.41) is 4.25. The van der Waals surface area contributed by atoms with Crippen LogP contribution in [-0.4, -0.2) is 52.8 Å². The van der Waals surface area contributed by atoms with Gasteiger partial charge in [-0.25, -0.2) is 13.1 Å². The zero-order valence-corrected chi connectivity index (χ0v) is 17.3. The molecular formula is C18H17ClF3N5O2S. The van der Waals surface area contributed by atoms with E-state index in [1.165, 1.54) is 29.3 Å². The number of hydrogen-bond donors (Lipinski definition) is 0. The summed E-state index contributed by atoms with van der Waals surface area (Å²) in [6.07, 6.45) is -0.885. The number of rotatable bonds is 3. The fourth-order valence-electron chi connectivity index (χ4n) is 3.61. The van der Waals surface area contributed by atoms with Crippen LogP contribution in [0.25, 0.3) is 16.7 Å². The molecular weight excluding hydrogens is 443 g/mol. The van der Waals surface area contributed by atoms with Crippen LogP contribution in [0.2, 0.25) is 5.28 Å². The maximum atomic E-state index is 13.1. The van der Waals surface area contributed by atoms with E-state index >= 15 is 0 Å². The third kappa shape index (κ3) is 3.95. The van der Waals surface area contributed by atoms with Crippen molar-refractivity contribution in [3.05, 3.63) is 41.3 Å². The zero-order chi connectivity index (χ0) is 21.7. The number of nitrogens with zero attached hydrogens (tertiary/aromatic N) is 5. The standard InChI is InChI=1S/C18H17ClF3N5O2S/c1-30(28,29)13-5-7-26(8-6-13)15-14-10-23-27(16(14)25-17(19)24-15)12-4-2-3-11(9-12)18(20,21)22/h2-4,9-10,13H,5-8H2,1H3. The molecule has 4 rings (SSSR count). The van der Waals surface area contributed by atoms with Gasteiger partial charge in [-0.1, -0.05) is 6.07 Å². The number of fused-ring (bicyclic) bond motifs is 1. The molecule has 1 aliphatic rings. The monoisotopic (exact) mass is 459 g/mol. The summed E-state index contributed by atoms with van der Waals surface area (Å²) in [6, 6.07) is 4.76. The van der Waals surface area contributed by atoms with Gasteiger partial charge in [0.2, 0.25) is 5.28 Å². The van der Waals surface area contributed by atoms with Gasteiger partial charge in [-0.2, -0.15) is 28.2 Å². The minimum atomic E-state index is -4.49. The third-order valence-corrected chi connectivity index (χ3v) is 7.00. The lowest BCUT2D eigenvalue weighted by atomic mass is 10.1. The van der Waals surface area contributed by atoms with E-state index in [1.54, 1.807) is 0 Å². The lowest BCUT2D eigenvalue weighted by molar-refractivity contribution is -0.137. The van der Waals surface area contributed by atoms with Gasteiger partial charge in [0.1, 0.15) is 15.7 Å². The van der Waals surface area contributed by atoms with Crippen LogP contribution in [0.15, 0.2) is 30.5 Å². The van der Waals surface area contributed by atoms with Crippen molar-refractivity contribution in [2.45, 2.75) is 24.3 Å². The van der Waals surface area contributed by atoms with Gasteiger partial charge in [0.05, 0.1) is 28.1 Å². The highest BCUT2D eigenvalue weighted by Gasteiger charge is 2.31. The van der Waals surface area contributed by atoms with Crippen LogP contribution in [0.5, 0.6) is 0 Å². The summed E-state index contributed by atoms with van der Waals surface area (Å²) in [7, 11) is -3.12. The van der Waals surface area contributed by atoms with Crippen LogP contribution in [0.4, 0.5) is 19.0 Å². The summed E-state index contributed by atoms with van der Waals surface area (Å²) in [4.78, 5) is 10.3. The molecule has 7 nitrogen and oxygen atoms in total. The molecule has 1 aromatic carbocycles. The van der Waals surface area contributed by atoms with E-state index in [-0.39, 0.29) is 16.6 Å². The van der Waals surface area contributed by atoms with E-state index in [1.807, 2.05) is 4.90 Å². The van der Waals surface area contributed by atoms with Gasteiger partial charge in [0, 0.05) is 19.3 Å². The van der Waals surface area contributed by atoms with E-state index in [0.717, 1.165) is 12.1 Å². The van der Waals surface area contributed by atoms with Crippen molar-refractivity contribution in [2.24, 2.45) is 0 Å². The van der Waals surface area contributed by atoms with E-state index < -0.39 is 26.8 Å². The van der Waals surface area contributed by atoms with Crippen molar-refractivity contribution in [1.82, 2.24) is 19.7 Å². The Kier molecular flexibility index (Phi) is 5.13. The fraction of sp³-hybridized carbons (Fsp3) is 0.389. The molecule has 12 heteroatoms. The second-order valence-corrected chi connectivity index (χ2v) is 9.84. The molecule has 1 saturated heterocycles. The summed E-state index contributed by atoms with van der Waals surface area (Å²) in [5.74, 6) is 0.482. The Morgan fingerprint density at radius 2 is 1.87 bits per heavy atom. The number of hydrogen-bond acceptors (Lipinski definition) is 6. The molecule has 1 fully saturated rings. The van der Waals surface area contributed by atoms with Crippen LogP contribution < -0.4 is 4.90 Å². The number of aromatic nitrogens is 4. The first-order valence-corrected chi connectivity index (χ1v) is 11.4. The lowest BCUT2D eigenvalue weighted by Gasteiger charge is -2.32. The Hall–Kier alpha value is -2.40. The number of anilines is 1. The van der Waals surface area contributed by atoms with E-state index in [9.17, 15) is 21.6 Å². The van der Waals surface area contributed by atoms with Gasteiger partial charge < -0.3 is 4.90 Å². The Bertz CT molecular complexity index is 1200. The summed E-state index contributed by atoms with van der Waals surface area (Å²) in [5.41, 5.74) is -0.335. The molecule has 0 atom stereocenters. The van der Waals surface area contributed by atoms with Crippen molar-refractivity contribution >= 4 is 38.3 Å². The first-order valence-electron chi connectivity index (χ1n) is 9.07. The minimum Gasteiger partial charge on any atom is -0.356 e. The largest absolute Gasteiger partial charge is 0.416 e. The minimum absolute atomic E-state index is 0.0727. The number of halogens is 4. The molecule has 0 spiro atoms. The van der Waals surface area contributed by atoms with E-state index in [4.69, 9.17) is 11.6 Å². The molecule has 0 radical (unpaired) electrons. The molecule has 0 unspecified atom stereocenters. The maximum absolute atomic E-state index is 13.1. The van der Waals surface area contributed by atoms with Gasteiger partial charge >= 0.3 is 6.18 Å². The highest BCUT2D eigenvalue weighted by atomic mass is 35.5. The SMILES string of the molecule is CS(=O)(=O)C1CCN(c2nc(Cl)nc3c2cnn3-c2cccc(C(F)(F)F)c2)CC1. The van der Waals surface area contributed by atoms with Crippen LogP contribution in [0.1, 0.15) is 18.4 Å². The van der Waals surface area contributed by atoms with Crippen LogP contribution in [0, 0.1) is 0 Å². The Labute approximate surface area is 175 Å². The van der Waals surface area contributed by atoms with E-state index in [2.05, 4.69) is 15.1 Å². The first kappa shape index (κ1) is 20.9. The van der Waals surface area contributed by atoms with Crippen molar-refractivity contribution < 1.29 is 21.6 Å². The van der Waals surface area contributed by atoms with Crippen molar-refractivity contribution in [1.29, 1.82) is 0 Å². The maximum Gasteiger partial charge on any atom is 0.416 e. The van der Waals surface area contributed by atoms with Crippen LogP contribution in [-0.2, 0) is 16.0 Å². The summed E-state index contributed by atoms with van der Waals surface area (Å²) < 4.78 is 64.1. The second kappa shape index (κ2) is 7.38. The molecule has 0 saturated carbocycles. The number of benzene rings is 1. The topological polar surface area (TPSA) is 81.0 Å². The second-order valence-electron chi connectivity index (χ2n) is 7.17. The molecule has 0 N–H and O–H groups in total. The van der Waals surface area contributed by atoms with Crippen molar-refractivity contribution in [3.8, 4) is 5.69 Å². The average Bonchev–Trinajstić information content (AvgIpc) is 3.10. The molecule has 2 aromatic heterocycles. The highest BCUT2D eigenvalue weighted by Crippen LogP contribution is 2.33. The van der Waals surface area contributed by atoms with Crippen LogP contribution in [0.3, 0.4) is 0 Å². The van der Waals surface area contributed by atoms with Crippen molar-refractivity contribution in [3.63, 3.8) is 0 Å². The zero-order valence-electron chi connectivity index (χ0n) is 15.8. The number of alkyl halides is 3. The van der Waals surface area contributed by atoms with Gasteiger partial charge in [-0.15, -0.1) is 0 Å². The molecule has 0 aliphatic carbocycles. The van der Waals surface area contributed by atoms with Gasteiger partial charge in [0.15, 0.2) is 5.65 Å². The molecule has 30 heavy (non-hydrogen) atoms. The lowest BCUT2D eigenvalue weighted by Crippen LogP contribution is -2.39. The van der Waals surface area contributed by atoms with E-state index in [0.29, 0.717) is 37.1 Å².